The van der Waals surface area contributed by atoms with Crippen molar-refractivity contribution in [3.63, 3.8) is 0 Å². The first-order valence-electron chi connectivity index (χ1n) is 13.5. The van der Waals surface area contributed by atoms with E-state index in [9.17, 15) is 22.8 Å². The maximum absolute atomic E-state index is 12.7. The zero-order valence-electron chi connectivity index (χ0n) is 20.7. The Morgan fingerprint density at radius 1 is 1.03 bits per heavy atom. The van der Waals surface area contributed by atoms with E-state index in [1.54, 1.807) is 5.57 Å². The van der Waals surface area contributed by atoms with Crippen LogP contribution < -0.4 is 5.32 Å². The molecule has 1 amide bonds. The lowest BCUT2D eigenvalue weighted by molar-refractivity contribution is -0.137. The van der Waals surface area contributed by atoms with Crippen LogP contribution in [0.15, 0.2) is 35.9 Å². The number of hydrogen-bond acceptors (Lipinski definition) is 4. The summed E-state index contributed by atoms with van der Waals surface area (Å²) in [5, 5.41) is 2.64. The fourth-order valence-electron chi connectivity index (χ4n) is 7.00. The molecule has 3 fully saturated rings. The number of nitrogens with zero attached hydrogens (tertiary/aromatic N) is 2. The molecule has 5 rings (SSSR count). The van der Waals surface area contributed by atoms with Gasteiger partial charge in [0.15, 0.2) is 0 Å². The molecule has 0 radical (unpaired) electrons. The monoisotopic (exact) mass is 503 g/mol. The highest BCUT2D eigenvalue weighted by Crippen LogP contribution is 2.45. The topological polar surface area (TPSA) is 52.7 Å². The van der Waals surface area contributed by atoms with Gasteiger partial charge in [0.2, 0.25) is 5.78 Å². The minimum Gasteiger partial charge on any atom is -0.349 e. The molecule has 1 aromatic carbocycles. The second kappa shape index (κ2) is 10.7. The van der Waals surface area contributed by atoms with Gasteiger partial charge in [0.05, 0.1) is 5.56 Å². The Balaban J connectivity index is 1.09. The number of hydrogen-bond donors (Lipinski definition) is 1. The third-order valence-corrected chi connectivity index (χ3v) is 8.60. The first-order chi connectivity index (χ1) is 17.3. The van der Waals surface area contributed by atoms with Crippen molar-refractivity contribution in [2.24, 2.45) is 11.8 Å². The third-order valence-electron chi connectivity index (χ3n) is 8.60. The molecule has 0 saturated carbocycles. The van der Waals surface area contributed by atoms with Gasteiger partial charge in [-0.15, -0.1) is 0 Å². The Kier molecular flexibility index (Phi) is 7.54. The molecule has 3 heterocycles. The van der Waals surface area contributed by atoms with E-state index in [4.69, 9.17) is 0 Å². The molecule has 4 atom stereocenters. The minimum absolute atomic E-state index is 0.0350. The highest BCUT2D eigenvalue weighted by molar-refractivity contribution is 6.42. The van der Waals surface area contributed by atoms with Crippen LogP contribution in [0.5, 0.6) is 0 Å². The van der Waals surface area contributed by atoms with Crippen LogP contribution in [0.25, 0.3) is 0 Å². The normalized spacial score (nSPS) is 28.6. The number of nitrogens with one attached hydrogen (secondary N) is 1. The minimum atomic E-state index is -4.47. The lowest BCUT2D eigenvalue weighted by Gasteiger charge is -2.55. The smallest absolute Gasteiger partial charge is 0.349 e. The number of piperidine rings is 3. The molecule has 0 unspecified atom stereocenters. The Morgan fingerprint density at radius 2 is 1.83 bits per heavy atom. The van der Waals surface area contributed by atoms with Crippen LogP contribution in [0.2, 0.25) is 0 Å². The molecule has 8 heteroatoms. The maximum atomic E-state index is 12.7. The number of benzene rings is 1. The fourth-order valence-corrected chi connectivity index (χ4v) is 7.00. The molecule has 36 heavy (non-hydrogen) atoms. The second-order valence-corrected chi connectivity index (χ2v) is 10.9. The number of fused-ring (bicyclic) bond motifs is 6. The van der Waals surface area contributed by atoms with Crippen LogP contribution in [0.4, 0.5) is 13.2 Å². The third kappa shape index (κ3) is 5.40. The van der Waals surface area contributed by atoms with Gasteiger partial charge in [0.25, 0.3) is 5.91 Å². The van der Waals surface area contributed by atoms with Crippen LogP contribution in [-0.2, 0) is 11.0 Å². The van der Waals surface area contributed by atoms with Gasteiger partial charge in [-0.2, -0.15) is 13.2 Å². The number of carbonyl (C=O) groups excluding carboxylic acids is 2. The van der Waals surface area contributed by atoms with E-state index in [0.29, 0.717) is 18.5 Å². The van der Waals surface area contributed by atoms with Gasteiger partial charge in [0, 0.05) is 30.7 Å². The summed E-state index contributed by atoms with van der Waals surface area (Å²) >= 11 is 0. The number of halogens is 3. The Hall–Kier alpha value is -2.19. The van der Waals surface area contributed by atoms with Crippen LogP contribution in [-0.4, -0.2) is 66.3 Å². The SMILES string of the molecule is O=C(NCCCCN1CCCC2=C[C@H]3C[C@H](CN4CCCC[C@H]34)[C@@H]21)C(=O)c1ccc(C(F)(F)F)cc1. The number of amides is 1. The lowest BCUT2D eigenvalue weighted by Crippen LogP contribution is -2.59. The molecule has 0 spiro atoms. The predicted octanol–water partition coefficient (Wildman–Crippen LogP) is 4.68. The zero-order chi connectivity index (χ0) is 25.3. The number of unbranched alkanes of at least 4 members (excludes halogenated alkanes) is 1. The Morgan fingerprint density at radius 3 is 2.61 bits per heavy atom. The first kappa shape index (κ1) is 25.5. The highest BCUT2D eigenvalue weighted by atomic mass is 19.4. The highest BCUT2D eigenvalue weighted by Gasteiger charge is 2.45. The van der Waals surface area contributed by atoms with Crippen LogP contribution in [0.1, 0.15) is 67.3 Å². The van der Waals surface area contributed by atoms with Gasteiger partial charge in [-0.25, -0.2) is 0 Å². The van der Waals surface area contributed by atoms with Crippen LogP contribution >= 0.6 is 0 Å². The van der Waals surface area contributed by atoms with Gasteiger partial charge in [-0.3, -0.25) is 19.4 Å². The molecule has 3 aliphatic heterocycles. The second-order valence-electron chi connectivity index (χ2n) is 10.9. The summed E-state index contributed by atoms with van der Waals surface area (Å²) < 4.78 is 38.1. The first-order valence-corrected chi connectivity index (χ1v) is 13.5. The molecule has 0 aromatic heterocycles. The average Bonchev–Trinajstić information content (AvgIpc) is 2.87. The van der Waals surface area contributed by atoms with Gasteiger partial charge in [-0.1, -0.05) is 30.2 Å². The van der Waals surface area contributed by atoms with Gasteiger partial charge in [0.1, 0.15) is 0 Å². The van der Waals surface area contributed by atoms with E-state index in [2.05, 4.69) is 21.2 Å². The van der Waals surface area contributed by atoms with E-state index in [1.807, 2.05) is 0 Å². The molecule has 1 aromatic rings. The molecule has 3 saturated heterocycles. The van der Waals surface area contributed by atoms with E-state index in [-0.39, 0.29) is 5.56 Å². The van der Waals surface area contributed by atoms with Crippen molar-refractivity contribution in [1.29, 1.82) is 0 Å². The number of rotatable bonds is 7. The number of likely N-dealkylation sites (tertiary alicyclic amines) is 1. The number of alkyl halides is 3. The average molecular weight is 504 g/mol. The van der Waals surface area contributed by atoms with E-state index in [0.717, 1.165) is 62.2 Å². The standard InChI is InChI=1S/C28H36F3N3O2/c29-28(30,31)23-10-8-19(9-11-23)26(35)27(36)32-12-2-4-13-33-15-5-6-20-16-21-17-22(25(20)33)18-34-14-3-1-7-24(21)34/h8-11,16,21-22,24-25H,1-7,12-15,17-18H2,(H,32,36)/t21-,22+,24+,25+/m0/s1. The van der Waals surface area contributed by atoms with Crippen molar-refractivity contribution >= 4 is 11.7 Å². The quantitative estimate of drug-likeness (QED) is 0.254. The predicted molar refractivity (Wildman–Crippen MR) is 132 cm³/mol. The lowest BCUT2D eigenvalue weighted by atomic mass is 9.68. The summed E-state index contributed by atoms with van der Waals surface area (Å²) in [5.41, 5.74) is 0.781. The zero-order valence-corrected chi connectivity index (χ0v) is 20.7. The van der Waals surface area contributed by atoms with E-state index >= 15 is 0 Å². The fraction of sp³-hybridized carbons (Fsp3) is 0.643. The summed E-state index contributed by atoms with van der Waals surface area (Å²) in [5.74, 6) is -0.132. The molecule has 1 N–H and O–H groups in total. The van der Waals surface area contributed by atoms with E-state index < -0.39 is 23.4 Å². The van der Waals surface area contributed by atoms with Crippen molar-refractivity contribution in [2.75, 3.05) is 32.7 Å². The molecular weight excluding hydrogens is 467 g/mol. The molecule has 1 aliphatic carbocycles. The van der Waals surface area contributed by atoms with Crippen molar-refractivity contribution in [2.45, 2.75) is 69.6 Å². The van der Waals surface area contributed by atoms with E-state index in [1.165, 1.54) is 51.6 Å². The summed E-state index contributed by atoms with van der Waals surface area (Å²) in [6, 6.07) is 5.07. The van der Waals surface area contributed by atoms with Gasteiger partial charge >= 0.3 is 6.18 Å². The van der Waals surface area contributed by atoms with Gasteiger partial charge < -0.3 is 5.32 Å². The Labute approximate surface area is 211 Å². The molecule has 4 aliphatic rings. The molecule has 5 nitrogen and oxygen atoms in total. The Bertz CT molecular complexity index is 991. The summed E-state index contributed by atoms with van der Waals surface area (Å²) in [6.45, 7) is 4.95. The van der Waals surface area contributed by atoms with Crippen LogP contribution in [0.3, 0.4) is 0 Å². The molecule has 196 valence electrons. The van der Waals surface area contributed by atoms with Crippen molar-refractivity contribution in [3.8, 4) is 0 Å². The maximum Gasteiger partial charge on any atom is 0.416 e. The largest absolute Gasteiger partial charge is 0.416 e. The number of ketones is 1. The summed E-state index contributed by atoms with van der Waals surface area (Å²) in [7, 11) is 0. The van der Waals surface area contributed by atoms with Crippen molar-refractivity contribution in [1.82, 2.24) is 15.1 Å². The van der Waals surface area contributed by atoms with Crippen molar-refractivity contribution < 1.29 is 22.8 Å². The number of Topliss-reactive ketones (excluding diaryl/α,β-unsaturated/α-hetero) is 1. The van der Waals surface area contributed by atoms with Crippen LogP contribution in [0, 0.1) is 11.8 Å². The summed E-state index contributed by atoms with van der Waals surface area (Å²) in [6.07, 6.45) is 7.63. The molecular formula is C28H36F3N3O2. The summed E-state index contributed by atoms with van der Waals surface area (Å²) in [4.78, 5) is 29.9. The molecule has 2 bridgehead atoms. The number of carbonyl (C=O) groups is 2. The van der Waals surface area contributed by atoms with Crippen molar-refractivity contribution in [3.05, 3.63) is 47.0 Å². The van der Waals surface area contributed by atoms with Gasteiger partial charge in [-0.05, 0) is 88.5 Å².